The zero-order chi connectivity index (χ0) is 15.0. The highest BCUT2D eigenvalue weighted by Gasteiger charge is 2.12. The van der Waals surface area contributed by atoms with Crippen molar-refractivity contribution in [3.63, 3.8) is 0 Å². The number of aryl methyl sites for hydroxylation is 1. The molecule has 0 aliphatic heterocycles. The predicted molar refractivity (Wildman–Crippen MR) is 72.6 cm³/mol. The van der Waals surface area contributed by atoms with Gasteiger partial charge in [-0.05, 0) is 24.1 Å². The van der Waals surface area contributed by atoms with Crippen molar-refractivity contribution in [2.75, 3.05) is 13.7 Å². The van der Waals surface area contributed by atoms with Crippen molar-refractivity contribution < 1.29 is 24.5 Å². The highest BCUT2D eigenvalue weighted by Crippen LogP contribution is 2.12. The van der Waals surface area contributed by atoms with Crippen molar-refractivity contribution >= 4 is 11.9 Å². The minimum absolute atomic E-state index is 0.00358. The number of aliphatic hydroxyl groups is 1. The molecule has 0 aromatic heterocycles. The van der Waals surface area contributed by atoms with Crippen molar-refractivity contribution in [2.45, 2.75) is 25.4 Å². The Morgan fingerprint density at radius 2 is 1.95 bits per heavy atom. The van der Waals surface area contributed by atoms with Crippen LogP contribution in [0, 0.1) is 0 Å². The molecule has 3 N–H and O–H groups in total. The van der Waals surface area contributed by atoms with Crippen molar-refractivity contribution in [2.24, 2.45) is 0 Å². The molecule has 0 saturated carbocycles. The van der Waals surface area contributed by atoms with E-state index in [-0.39, 0.29) is 18.9 Å². The van der Waals surface area contributed by atoms with Gasteiger partial charge >= 0.3 is 5.97 Å². The summed E-state index contributed by atoms with van der Waals surface area (Å²) in [6, 6.07) is 7.44. The van der Waals surface area contributed by atoms with Gasteiger partial charge in [0.1, 0.15) is 5.75 Å². The maximum Gasteiger partial charge on any atom is 0.332 e. The molecule has 6 heteroatoms. The van der Waals surface area contributed by atoms with Gasteiger partial charge in [-0.15, -0.1) is 0 Å². The largest absolute Gasteiger partial charge is 0.497 e. The van der Waals surface area contributed by atoms with Crippen molar-refractivity contribution in [3.05, 3.63) is 29.8 Å². The Hall–Kier alpha value is -2.08. The Labute approximate surface area is 117 Å². The third-order valence-corrected chi connectivity index (χ3v) is 2.82. The fraction of sp³-hybridized carbons (Fsp3) is 0.429. The van der Waals surface area contributed by atoms with Crippen LogP contribution in [0.5, 0.6) is 5.75 Å². The number of carbonyl (C=O) groups excluding carboxylic acids is 1. The average Bonchev–Trinajstić information content (AvgIpc) is 2.45. The molecule has 0 radical (unpaired) electrons. The number of rotatable bonds is 8. The monoisotopic (exact) mass is 281 g/mol. The van der Waals surface area contributed by atoms with E-state index in [1.54, 1.807) is 7.11 Å². The number of aliphatic hydroxyl groups excluding tert-OH is 1. The number of hydrogen-bond donors (Lipinski definition) is 3. The van der Waals surface area contributed by atoms with Gasteiger partial charge in [0, 0.05) is 19.4 Å². The number of carboxylic acids is 1. The number of benzene rings is 1. The van der Waals surface area contributed by atoms with Crippen LogP contribution in [0.3, 0.4) is 0 Å². The topological polar surface area (TPSA) is 95.9 Å². The van der Waals surface area contributed by atoms with E-state index in [1.165, 1.54) is 0 Å². The highest BCUT2D eigenvalue weighted by molar-refractivity contribution is 5.76. The fourth-order valence-electron chi connectivity index (χ4n) is 1.61. The van der Waals surface area contributed by atoms with Gasteiger partial charge in [0.15, 0.2) is 6.10 Å². The van der Waals surface area contributed by atoms with Gasteiger partial charge in [-0.1, -0.05) is 12.1 Å². The molecule has 1 amide bonds. The van der Waals surface area contributed by atoms with E-state index in [4.69, 9.17) is 14.9 Å². The first kappa shape index (κ1) is 16.0. The van der Waals surface area contributed by atoms with Crippen molar-refractivity contribution in [3.8, 4) is 5.75 Å². The first-order chi connectivity index (χ1) is 9.52. The standard InChI is InChI=1S/C14H19NO5/c1-20-11-5-2-10(3-6-11)4-7-13(17)15-9-8-12(16)14(18)19/h2-3,5-6,12,16H,4,7-9H2,1H3,(H,15,17)(H,18,19). The molecule has 0 heterocycles. The van der Waals surface area contributed by atoms with Gasteiger partial charge in [0.2, 0.25) is 5.91 Å². The number of amides is 1. The van der Waals surface area contributed by atoms with E-state index in [0.717, 1.165) is 11.3 Å². The fourth-order valence-corrected chi connectivity index (χ4v) is 1.61. The van der Waals surface area contributed by atoms with Crippen LogP contribution in [0.4, 0.5) is 0 Å². The first-order valence-electron chi connectivity index (χ1n) is 6.33. The Bertz CT molecular complexity index is 443. The molecular weight excluding hydrogens is 262 g/mol. The summed E-state index contributed by atoms with van der Waals surface area (Å²) < 4.78 is 5.04. The second-order valence-electron chi connectivity index (χ2n) is 4.34. The summed E-state index contributed by atoms with van der Waals surface area (Å²) >= 11 is 0. The lowest BCUT2D eigenvalue weighted by Gasteiger charge is -2.07. The summed E-state index contributed by atoms with van der Waals surface area (Å²) in [7, 11) is 1.59. The van der Waals surface area contributed by atoms with Gasteiger partial charge in [0.25, 0.3) is 0 Å². The molecule has 1 aromatic rings. The van der Waals surface area contributed by atoms with Crippen LogP contribution in [0.2, 0.25) is 0 Å². The zero-order valence-electron chi connectivity index (χ0n) is 11.3. The van der Waals surface area contributed by atoms with Crippen LogP contribution >= 0.6 is 0 Å². The van der Waals surface area contributed by atoms with Crippen molar-refractivity contribution in [1.29, 1.82) is 0 Å². The van der Waals surface area contributed by atoms with E-state index >= 15 is 0 Å². The minimum atomic E-state index is -1.43. The Morgan fingerprint density at radius 3 is 2.50 bits per heavy atom. The maximum absolute atomic E-state index is 11.5. The number of carboxylic acid groups (broad SMARTS) is 1. The summed E-state index contributed by atoms with van der Waals surface area (Å²) in [5.41, 5.74) is 1.02. The van der Waals surface area contributed by atoms with Crippen LogP contribution < -0.4 is 10.1 Å². The summed E-state index contributed by atoms with van der Waals surface area (Å²) in [6.45, 7) is 0.148. The van der Waals surface area contributed by atoms with Gasteiger partial charge in [-0.2, -0.15) is 0 Å². The second-order valence-corrected chi connectivity index (χ2v) is 4.34. The van der Waals surface area contributed by atoms with Crippen LogP contribution in [-0.2, 0) is 16.0 Å². The normalized spacial score (nSPS) is 11.7. The van der Waals surface area contributed by atoms with Crippen LogP contribution in [0.25, 0.3) is 0 Å². The second kappa shape index (κ2) is 8.16. The van der Waals surface area contributed by atoms with E-state index in [0.29, 0.717) is 12.8 Å². The van der Waals surface area contributed by atoms with Crippen LogP contribution in [-0.4, -0.2) is 41.8 Å². The molecule has 1 rings (SSSR count). The number of hydrogen-bond acceptors (Lipinski definition) is 4. The molecule has 0 fully saturated rings. The van der Waals surface area contributed by atoms with E-state index in [9.17, 15) is 9.59 Å². The van der Waals surface area contributed by atoms with Gasteiger partial charge < -0.3 is 20.3 Å². The Morgan fingerprint density at radius 1 is 1.30 bits per heavy atom. The lowest BCUT2D eigenvalue weighted by Crippen LogP contribution is -2.30. The molecule has 20 heavy (non-hydrogen) atoms. The number of ether oxygens (including phenoxy) is 1. The molecule has 0 aliphatic rings. The summed E-state index contributed by atoms with van der Waals surface area (Å²) in [6.07, 6.45) is -0.520. The van der Waals surface area contributed by atoms with E-state index < -0.39 is 12.1 Å². The van der Waals surface area contributed by atoms with Crippen molar-refractivity contribution in [1.82, 2.24) is 5.32 Å². The third kappa shape index (κ3) is 5.71. The number of methoxy groups -OCH3 is 1. The summed E-state index contributed by atoms with van der Waals surface area (Å²) in [5.74, 6) is -0.684. The Balaban J connectivity index is 2.23. The first-order valence-corrected chi connectivity index (χ1v) is 6.33. The van der Waals surface area contributed by atoms with E-state index in [1.807, 2.05) is 24.3 Å². The number of aliphatic carboxylic acids is 1. The summed E-state index contributed by atoms with van der Waals surface area (Å²) in [5, 5.41) is 20.1. The predicted octanol–water partition coefficient (Wildman–Crippen LogP) is 0.580. The highest BCUT2D eigenvalue weighted by atomic mass is 16.5. The molecule has 1 unspecified atom stereocenters. The lowest BCUT2D eigenvalue weighted by atomic mass is 10.1. The zero-order valence-corrected chi connectivity index (χ0v) is 11.3. The molecule has 1 atom stereocenters. The number of carbonyl (C=O) groups is 2. The quantitative estimate of drug-likeness (QED) is 0.648. The maximum atomic E-state index is 11.5. The van der Waals surface area contributed by atoms with Gasteiger partial charge in [-0.25, -0.2) is 4.79 Å². The molecule has 0 aliphatic carbocycles. The SMILES string of the molecule is COc1ccc(CCC(=O)NCCC(O)C(=O)O)cc1. The van der Waals surface area contributed by atoms with Crippen LogP contribution in [0.1, 0.15) is 18.4 Å². The minimum Gasteiger partial charge on any atom is -0.497 e. The van der Waals surface area contributed by atoms with E-state index in [2.05, 4.69) is 5.32 Å². The smallest absolute Gasteiger partial charge is 0.332 e. The molecule has 110 valence electrons. The molecule has 0 bridgehead atoms. The molecule has 6 nitrogen and oxygen atoms in total. The molecular formula is C14H19NO5. The molecule has 0 saturated heterocycles. The third-order valence-electron chi connectivity index (χ3n) is 2.82. The lowest BCUT2D eigenvalue weighted by molar-refractivity contribution is -0.147. The van der Waals surface area contributed by atoms with Crippen LogP contribution in [0.15, 0.2) is 24.3 Å². The number of nitrogens with one attached hydrogen (secondary N) is 1. The van der Waals surface area contributed by atoms with Gasteiger partial charge in [0.05, 0.1) is 7.11 Å². The average molecular weight is 281 g/mol. The summed E-state index contributed by atoms with van der Waals surface area (Å²) in [4.78, 5) is 21.9. The molecule has 1 aromatic carbocycles. The Kier molecular flexibility index (Phi) is 6.52. The van der Waals surface area contributed by atoms with Gasteiger partial charge in [-0.3, -0.25) is 4.79 Å². The molecule has 0 spiro atoms.